The van der Waals surface area contributed by atoms with E-state index in [1.807, 2.05) is 70.3 Å². The number of rotatable bonds is 4. The topological polar surface area (TPSA) is 46.0 Å². The summed E-state index contributed by atoms with van der Waals surface area (Å²) in [7, 11) is 0. The smallest absolute Gasteiger partial charge is 0.174 e. The van der Waals surface area contributed by atoms with E-state index in [9.17, 15) is 4.39 Å². The summed E-state index contributed by atoms with van der Waals surface area (Å²) >= 11 is 5.67. The van der Waals surface area contributed by atoms with Gasteiger partial charge < -0.3 is 14.8 Å². The minimum atomic E-state index is -0.329. The molecule has 5 nitrogen and oxygen atoms in total. The van der Waals surface area contributed by atoms with Gasteiger partial charge in [-0.2, -0.15) is 0 Å². The summed E-state index contributed by atoms with van der Waals surface area (Å²) < 4.78 is 16.8. The fourth-order valence-corrected chi connectivity index (χ4v) is 4.24. The van der Waals surface area contributed by atoms with Crippen molar-refractivity contribution in [3.8, 4) is 5.82 Å². The molecule has 30 heavy (non-hydrogen) atoms. The average molecular weight is 415 g/mol. The first-order valence-corrected chi connectivity index (χ1v) is 9.99. The zero-order valence-electron chi connectivity index (χ0n) is 15.9. The predicted molar refractivity (Wildman–Crippen MR) is 118 cm³/mol. The first kappa shape index (κ1) is 18.4. The van der Waals surface area contributed by atoms with Crippen LogP contribution in [0.3, 0.4) is 0 Å². The molecule has 0 bridgehead atoms. The van der Waals surface area contributed by atoms with Crippen LogP contribution in [0, 0.1) is 5.82 Å². The van der Waals surface area contributed by atoms with Crippen molar-refractivity contribution in [2.24, 2.45) is 0 Å². The number of para-hydroxylation sites is 1. The summed E-state index contributed by atoms with van der Waals surface area (Å²) in [4.78, 5) is 10.9. The lowest BCUT2D eigenvalue weighted by atomic mass is 10.0. The van der Waals surface area contributed by atoms with Gasteiger partial charge in [-0.1, -0.05) is 24.3 Å². The maximum absolute atomic E-state index is 14.8. The molecule has 1 fully saturated rings. The van der Waals surface area contributed by atoms with E-state index in [2.05, 4.69) is 15.3 Å². The molecule has 7 heteroatoms. The van der Waals surface area contributed by atoms with Crippen molar-refractivity contribution in [3.63, 3.8) is 0 Å². The molecule has 4 heterocycles. The Morgan fingerprint density at radius 1 is 0.867 bits per heavy atom. The van der Waals surface area contributed by atoms with Crippen LogP contribution in [0.4, 0.5) is 10.1 Å². The first-order valence-electron chi connectivity index (χ1n) is 9.58. The van der Waals surface area contributed by atoms with Crippen LogP contribution in [-0.2, 0) is 0 Å². The summed E-state index contributed by atoms with van der Waals surface area (Å²) in [5, 5.41) is 3.81. The van der Waals surface area contributed by atoms with Crippen molar-refractivity contribution in [1.82, 2.24) is 19.9 Å². The van der Waals surface area contributed by atoms with Crippen molar-refractivity contribution in [3.05, 3.63) is 109 Å². The summed E-state index contributed by atoms with van der Waals surface area (Å²) in [6.07, 6.45) is 5.45. The van der Waals surface area contributed by atoms with Gasteiger partial charge in [0.15, 0.2) is 5.11 Å². The predicted octanol–water partition coefficient (Wildman–Crippen LogP) is 4.58. The van der Waals surface area contributed by atoms with Crippen LogP contribution >= 0.6 is 12.2 Å². The zero-order valence-corrected chi connectivity index (χ0v) is 16.7. The first-order chi connectivity index (χ1) is 14.7. The number of aromatic nitrogens is 3. The highest BCUT2D eigenvalue weighted by molar-refractivity contribution is 7.80. The fraction of sp³-hybridized carbons (Fsp3) is 0.0870. The monoisotopic (exact) mass is 415 g/mol. The van der Waals surface area contributed by atoms with Gasteiger partial charge in [0, 0.05) is 24.3 Å². The van der Waals surface area contributed by atoms with Gasteiger partial charge in [0.2, 0.25) is 0 Å². The van der Waals surface area contributed by atoms with Crippen molar-refractivity contribution >= 4 is 23.0 Å². The molecule has 148 valence electrons. The summed E-state index contributed by atoms with van der Waals surface area (Å²) in [6.45, 7) is 0. The second-order valence-electron chi connectivity index (χ2n) is 6.94. The van der Waals surface area contributed by atoms with Crippen LogP contribution in [-0.4, -0.2) is 19.6 Å². The highest BCUT2D eigenvalue weighted by atomic mass is 32.1. The Hall–Kier alpha value is -3.58. The number of benzene rings is 1. The van der Waals surface area contributed by atoms with Gasteiger partial charge in [0.05, 0.1) is 17.4 Å². The molecule has 1 aliphatic rings. The molecular formula is C23H18FN5S. The zero-order chi connectivity index (χ0) is 20.5. The van der Waals surface area contributed by atoms with Gasteiger partial charge in [-0.3, -0.25) is 4.98 Å². The molecule has 2 atom stereocenters. The third kappa shape index (κ3) is 3.13. The molecule has 0 saturated carbocycles. The third-order valence-electron chi connectivity index (χ3n) is 5.19. The van der Waals surface area contributed by atoms with E-state index < -0.39 is 0 Å². The van der Waals surface area contributed by atoms with E-state index in [1.54, 1.807) is 24.5 Å². The molecular weight excluding hydrogens is 397 g/mol. The number of thiocarbonyl (C=S) groups is 1. The second-order valence-corrected chi connectivity index (χ2v) is 7.33. The lowest BCUT2D eigenvalue weighted by Crippen LogP contribution is -2.31. The molecule has 3 aromatic heterocycles. The van der Waals surface area contributed by atoms with E-state index in [0.29, 0.717) is 10.8 Å². The summed E-state index contributed by atoms with van der Waals surface area (Å²) in [5.41, 5.74) is 2.18. The number of halogens is 1. The van der Waals surface area contributed by atoms with Crippen molar-refractivity contribution in [1.29, 1.82) is 0 Å². The molecule has 2 unspecified atom stereocenters. The molecule has 1 aromatic carbocycles. The number of hydrogen-bond acceptors (Lipinski definition) is 3. The lowest BCUT2D eigenvalue weighted by Gasteiger charge is -2.29. The van der Waals surface area contributed by atoms with Gasteiger partial charge in [0.25, 0.3) is 0 Å². The molecule has 4 aromatic rings. The Morgan fingerprint density at radius 2 is 1.63 bits per heavy atom. The van der Waals surface area contributed by atoms with Crippen LogP contribution in [0.25, 0.3) is 5.82 Å². The van der Waals surface area contributed by atoms with Crippen LogP contribution < -0.4 is 10.2 Å². The number of pyridine rings is 2. The number of nitrogens with zero attached hydrogens (tertiary/aromatic N) is 4. The Balaban J connectivity index is 1.69. The molecule has 1 saturated heterocycles. The Kier molecular flexibility index (Phi) is 4.72. The molecule has 0 aliphatic carbocycles. The number of anilines is 1. The highest BCUT2D eigenvalue weighted by Crippen LogP contribution is 2.42. The summed E-state index contributed by atoms with van der Waals surface area (Å²) in [5.74, 6) is 0.452. The van der Waals surface area contributed by atoms with Gasteiger partial charge in [-0.25, -0.2) is 9.37 Å². The Labute approximate surface area is 178 Å². The standard InChI is InChI=1S/C23H18FN5S/c24-16-8-1-2-10-18(16)29-22(21(27-23(29)30)17-9-3-5-13-25-17)19-11-7-15-28(19)20-12-4-6-14-26-20/h1-15,21-22H,(H,27,30). The quantitative estimate of drug-likeness (QED) is 0.494. The minimum Gasteiger partial charge on any atom is -0.351 e. The van der Waals surface area contributed by atoms with Crippen LogP contribution in [0.15, 0.2) is 91.4 Å². The summed E-state index contributed by atoms with van der Waals surface area (Å²) in [6, 6.07) is 21.6. The maximum Gasteiger partial charge on any atom is 0.174 e. The van der Waals surface area contributed by atoms with E-state index in [0.717, 1.165) is 17.2 Å². The van der Waals surface area contributed by atoms with Crippen molar-refractivity contribution in [2.75, 3.05) is 4.90 Å². The Morgan fingerprint density at radius 3 is 2.37 bits per heavy atom. The van der Waals surface area contributed by atoms with E-state index in [1.165, 1.54) is 6.07 Å². The van der Waals surface area contributed by atoms with Crippen molar-refractivity contribution < 1.29 is 4.39 Å². The molecule has 5 rings (SSSR count). The third-order valence-corrected chi connectivity index (χ3v) is 5.50. The Bertz CT molecular complexity index is 1180. The SMILES string of the molecule is Fc1ccccc1N1C(=S)NC(c2ccccn2)C1c1cccn1-c1ccccn1. The largest absolute Gasteiger partial charge is 0.351 e. The van der Waals surface area contributed by atoms with E-state index in [-0.39, 0.29) is 17.9 Å². The number of hydrogen-bond donors (Lipinski definition) is 1. The highest BCUT2D eigenvalue weighted by Gasteiger charge is 2.43. The van der Waals surface area contributed by atoms with Crippen molar-refractivity contribution in [2.45, 2.75) is 12.1 Å². The lowest BCUT2D eigenvalue weighted by molar-refractivity contribution is 0.541. The van der Waals surface area contributed by atoms with E-state index in [4.69, 9.17) is 12.2 Å². The van der Waals surface area contributed by atoms with Gasteiger partial charge in [-0.05, 0) is 60.7 Å². The average Bonchev–Trinajstić information content (AvgIpc) is 3.40. The van der Waals surface area contributed by atoms with Crippen LogP contribution in [0.5, 0.6) is 0 Å². The molecule has 0 spiro atoms. The molecule has 0 amide bonds. The molecule has 0 radical (unpaired) electrons. The minimum absolute atomic E-state index is 0.254. The maximum atomic E-state index is 14.8. The van der Waals surface area contributed by atoms with Gasteiger partial charge in [0.1, 0.15) is 17.7 Å². The second kappa shape index (κ2) is 7.68. The van der Waals surface area contributed by atoms with E-state index >= 15 is 0 Å². The normalized spacial score (nSPS) is 18.4. The fourth-order valence-electron chi connectivity index (χ4n) is 3.90. The van der Waals surface area contributed by atoms with Gasteiger partial charge in [-0.15, -0.1) is 0 Å². The van der Waals surface area contributed by atoms with Gasteiger partial charge >= 0.3 is 0 Å². The van der Waals surface area contributed by atoms with Crippen LogP contribution in [0.1, 0.15) is 23.5 Å². The molecule has 1 aliphatic heterocycles. The molecule has 1 N–H and O–H groups in total. The number of nitrogens with one attached hydrogen (secondary N) is 1. The van der Waals surface area contributed by atoms with Crippen LogP contribution in [0.2, 0.25) is 0 Å².